The first-order valence-corrected chi connectivity index (χ1v) is 8.59. The number of pyridine rings is 1. The minimum Gasteiger partial charge on any atom is -0.322 e. The SMILES string of the molecule is CCCSc1ncccc1C(=O)Nc1ccc(C(C)C)cc1. The van der Waals surface area contributed by atoms with Gasteiger partial charge in [-0.15, -0.1) is 11.8 Å². The van der Waals surface area contributed by atoms with E-state index in [1.54, 1.807) is 24.0 Å². The molecule has 0 aliphatic rings. The van der Waals surface area contributed by atoms with Gasteiger partial charge in [0.1, 0.15) is 5.03 Å². The molecule has 4 heteroatoms. The van der Waals surface area contributed by atoms with Gasteiger partial charge in [0.15, 0.2) is 0 Å². The maximum Gasteiger partial charge on any atom is 0.258 e. The van der Waals surface area contributed by atoms with Gasteiger partial charge < -0.3 is 5.32 Å². The van der Waals surface area contributed by atoms with Crippen molar-refractivity contribution in [2.45, 2.75) is 38.1 Å². The molecule has 22 heavy (non-hydrogen) atoms. The monoisotopic (exact) mass is 314 g/mol. The molecule has 1 aromatic heterocycles. The average Bonchev–Trinajstić information content (AvgIpc) is 2.53. The summed E-state index contributed by atoms with van der Waals surface area (Å²) in [4.78, 5) is 16.8. The molecule has 1 amide bonds. The van der Waals surface area contributed by atoms with Gasteiger partial charge in [-0.3, -0.25) is 4.79 Å². The van der Waals surface area contributed by atoms with Crippen molar-refractivity contribution >= 4 is 23.4 Å². The highest BCUT2D eigenvalue weighted by molar-refractivity contribution is 7.99. The number of benzene rings is 1. The van der Waals surface area contributed by atoms with Gasteiger partial charge in [0.2, 0.25) is 0 Å². The van der Waals surface area contributed by atoms with Gasteiger partial charge in [-0.25, -0.2) is 4.98 Å². The van der Waals surface area contributed by atoms with Crippen LogP contribution in [0.4, 0.5) is 5.69 Å². The predicted octanol–water partition coefficient (Wildman–Crippen LogP) is 4.96. The van der Waals surface area contributed by atoms with E-state index >= 15 is 0 Å². The van der Waals surface area contributed by atoms with Gasteiger partial charge in [0, 0.05) is 11.9 Å². The Morgan fingerprint density at radius 3 is 2.59 bits per heavy atom. The number of anilines is 1. The van der Waals surface area contributed by atoms with E-state index in [2.05, 4.69) is 43.2 Å². The first-order chi connectivity index (χ1) is 10.6. The summed E-state index contributed by atoms with van der Waals surface area (Å²) in [6.45, 7) is 6.42. The quantitative estimate of drug-likeness (QED) is 0.766. The molecule has 116 valence electrons. The lowest BCUT2D eigenvalue weighted by atomic mass is 10.0. The number of nitrogens with one attached hydrogen (secondary N) is 1. The molecular formula is C18H22N2OS. The van der Waals surface area contributed by atoms with Crippen molar-refractivity contribution in [2.75, 3.05) is 11.1 Å². The number of hydrogen-bond acceptors (Lipinski definition) is 3. The summed E-state index contributed by atoms with van der Waals surface area (Å²) in [5, 5.41) is 3.74. The van der Waals surface area contributed by atoms with E-state index in [1.807, 2.05) is 18.2 Å². The zero-order valence-corrected chi connectivity index (χ0v) is 14.1. The average molecular weight is 314 g/mol. The van der Waals surface area contributed by atoms with Gasteiger partial charge in [-0.2, -0.15) is 0 Å². The van der Waals surface area contributed by atoms with E-state index in [9.17, 15) is 4.79 Å². The summed E-state index contributed by atoms with van der Waals surface area (Å²) < 4.78 is 0. The second-order valence-electron chi connectivity index (χ2n) is 5.44. The third kappa shape index (κ3) is 4.34. The Labute approximate surface area is 136 Å². The summed E-state index contributed by atoms with van der Waals surface area (Å²) in [5.74, 6) is 1.34. The third-order valence-corrected chi connectivity index (χ3v) is 4.51. The van der Waals surface area contributed by atoms with Crippen LogP contribution in [0.15, 0.2) is 47.6 Å². The van der Waals surface area contributed by atoms with E-state index < -0.39 is 0 Å². The third-order valence-electron chi connectivity index (χ3n) is 3.29. The van der Waals surface area contributed by atoms with Crippen molar-refractivity contribution in [3.05, 3.63) is 53.7 Å². The zero-order chi connectivity index (χ0) is 15.9. The van der Waals surface area contributed by atoms with E-state index in [4.69, 9.17) is 0 Å². The number of hydrogen-bond donors (Lipinski definition) is 1. The van der Waals surface area contributed by atoms with Crippen molar-refractivity contribution in [1.29, 1.82) is 0 Å². The number of carbonyl (C=O) groups excluding carboxylic acids is 1. The van der Waals surface area contributed by atoms with Gasteiger partial charge in [-0.05, 0) is 47.9 Å². The number of thioether (sulfide) groups is 1. The lowest BCUT2D eigenvalue weighted by Gasteiger charge is -2.10. The van der Waals surface area contributed by atoms with Gasteiger partial charge in [0.25, 0.3) is 5.91 Å². The van der Waals surface area contributed by atoms with Crippen molar-refractivity contribution in [2.24, 2.45) is 0 Å². The second-order valence-corrected chi connectivity index (χ2v) is 6.52. The molecule has 0 aliphatic carbocycles. The van der Waals surface area contributed by atoms with Crippen molar-refractivity contribution in [3.63, 3.8) is 0 Å². The highest BCUT2D eigenvalue weighted by Gasteiger charge is 2.12. The number of amides is 1. The molecule has 0 saturated heterocycles. The maximum absolute atomic E-state index is 12.5. The normalized spacial score (nSPS) is 10.7. The van der Waals surface area contributed by atoms with E-state index in [1.165, 1.54) is 5.56 Å². The molecule has 0 atom stereocenters. The second kappa shape index (κ2) is 7.99. The van der Waals surface area contributed by atoms with E-state index in [0.29, 0.717) is 11.5 Å². The van der Waals surface area contributed by atoms with Crippen molar-refractivity contribution in [1.82, 2.24) is 4.98 Å². The van der Waals surface area contributed by atoms with Gasteiger partial charge in [0.05, 0.1) is 5.56 Å². The van der Waals surface area contributed by atoms with E-state index in [-0.39, 0.29) is 5.91 Å². The molecule has 0 aliphatic heterocycles. The minimum atomic E-state index is -0.107. The summed E-state index contributed by atoms with van der Waals surface area (Å²) in [6, 6.07) is 11.6. The van der Waals surface area contributed by atoms with Crippen LogP contribution in [0.1, 0.15) is 49.0 Å². The molecular weight excluding hydrogens is 292 g/mol. The topological polar surface area (TPSA) is 42.0 Å². The first kappa shape index (κ1) is 16.6. The van der Waals surface area contributed by atoms with Crippen LogP contribution in [0.25, 0.3) is 0 Å². The van der Waals surface area contributed by atoms with Crippen LogP contribution in [0.2, 0.25) is 0 Å². The molecule has 0 radical (unpaired) electrons. The summed E-state index contributed by atoms with van der Waals surface area (Å²) in [5.41, 5.74) is 2.71. The lowest BCUT2D eigenvalue weighted by molar-refractivity contribution is 0.102. The van der Waals surface area contributed by atoms with Crippen LogP contribution in [0.5, 0.6) is 0 Å². The van der Waals surface area contributed by atoms with Crippen LogP contribution < -0.4 is 5.32 Å². The number of rotatable bonds is 6. The standard InChI is InChI=1S/C18H22N2OS/c1-4-12-22-18-16(6-5-11-19-18)17(21)20-15-9-7-14(8-10-15)13(2)3/h5-11,13H,4,12H2,1-3H3,(H,20,21). The van der Waals surface area contributed by atoms with Crippen LogP contribution >= 0.6 is 11.8 Å². The Morgan fingerprint density at radius 1 is 1.23 bits per heavy atom. The number of aromatic nitrogens is 1. The lowest BCUT2D eigenvalue weighted by Crippen LogP contribution is -2.13. The Balaban J connectivity index is 2.11. The first-order valence-electron chi connectivity index (χ1n) is 7.61. The maximum atomic E-state index is 12.5. The fourth-order valence-corrected chi connectivity index (χ4v) is 2.88. The zero-order valence-electron chi connectivity index (χ0n) is 13.3. The summed E-state index contributed by atoms with van der Waals surface area (Å²) >= 11 is 1.62. The molecule has 0 bridgehead atoms. The molecule has 1 heterocycles. The van der Waals surface area contributed by atoms with Gasteiger partial charge >= 0.3 is 0 Å². The smallest absolute Gasteiger partial charge is 0.258 e. The molecule has 0 spiro atoms. The minimum absolute atomic E-state index is 0.107. The highest BCUT2D eigenvalue weighted by Crippen LogP contribution is 2.22. The Bertz CT molecular complexity index is 623. The van der Waals surface area contributed by atoms with Crippen LogP contribution in [-0.4, -0.2) is 16.6 Å². The number of nitrogens with zero attached hydrogens (tertiary/aromatic N) is 1. The molecule has 0 saturated carbocycles. The molecule has 0 fully saturated rings. The Kier molecular flexibility index (Phi) is 6.01. The van der Waals surface area contributed by atoms with Crippen molar-refractivity contribution < 1.29 is 4.79 Å². The predicted molar refractivity (Wildman–Crippen MR) is 93.7 cm³/mol. The summed E-state index contributed by atoms with van der Waals surface area (Å²) in [6.07, 6.45) is 2.78. The van der Waals surface area contributed by atoms with Gasteiger partial charge in [-0.1, -0.05) is 32.9 Å². The largest absolute Gasteiger partial charge is 0.322 e. The van der Waals surface area contributed by atoms with Crippen molar-refractivity contribution in [3.8, 4) is 0 Å². The molecule has 1 N–H and O–H groups in total. The molecule has 1 aromatic carbocycles. The molecule has 2 aromatic rings. The number of carbonyl (C=O) groups is 1. The molecule has 3 nitrogen and oxygen atoms in total. The van der Waals surface area contributed by atoms with Crippen LogP contribution in [-0.2, 0) is 0 Å². The fourth-order valence-electron chi connectivity index (χ4n) is 2.03. The highest BCUT2D eigenvalue weighted by atomic mass is 32.2. The van der Waals surface area contributed by atoms with E-state index in [0.717, 1.165) is 22.9 Å². The Hall–Kier alpha value is -1.81. The fraction of sp³-hybridized carbons (Fsp3) is 0.333. The van der Waals surface area contributed by atoms with Crippen LogP contribution in [0, 0.1) is 0 Å². The van der Waals surface area contributed by atoms with Crippen LogP contribution in [0.3, 0.4) is 0 Å². The Morgan fingerprint density at radius 2 is 1.95 bits per heavy atom. The molecule has 0 unspecified atom stereocenters. The summed E-state index contributed by atoms with van der Waals surface area (Å²) in [7, 11) is 0. The molecule has 2 rings (SSSR count).